The van der Waals surface area contributed by atoms with Crippen molar-refractivity contribution < 1.29 is 59.7 Å². The van der Waals surface area contributed by atoms with Gasteiger partial charge in [0.2, 0.25) is 0 Å². The summed E-state index contributed by atoms with van der Waals surface area (Å²) in [7, 11) is 0. The lowest BCUT2D eigenvalue weighted by Gasteiger charge is -2.24. The molecular weight excluding hydrogens is 448 g/mol. The van der Waals surface area contributed by atoms with Gasteiger partial charge in [0.1, 0.15) is 12.7 Å². The first kappa shape index (κ1) is 32.8. The third kappa shape index (κ3) is 24.1. The minimum atomic E-state index is -1.25. The van der Waals surface area contributed by atoms with Crippen LogP contribution in [-0.2, 0) is 23.9 Å². The number of aliphatic hydroxyl groups excluding tert-OH is 4. The molecule has 0 radical (unpaired) electrons. The molecule has 0 aliphatic heterocycles. The number of unbranched alkanes of at least 4 members (excludes halogenated alkanes) is 3. The molecule has 1 atom stereocenters. The number of aliphatic hydroxyl groups is 4. The van der Waals surface area contributed by atoms with E-state index in [1.165, 1.54) is 0 Å². The van der Waals surface area contributed by atoms with Crippen LogP contribution in [-0.4, -0.2) is 141 Å². The van der Waals surface area contributed by atoms with Gasteiger partial charge >= 0.3 is 23.9 Å². The number of rotatable bonds is 19. The van der Waals surface area contributed by atoms with E-state index < -0.39 is 69.4 Å². The van der Waals surface area contributed by atoms with Crippen molar-refractivity contribution in [2.45, 2.75) is 31.8 Å². The lowest BCUT2D eigenvalue weighted by molar-refractivity contribution is -0.150. The van der Waals surface area contributed by atoms with Gasteiger partial charge in [-0.2, -0.15) is 0 Å². The summed E-state index contributed by atoms with van der Waals surface area (Å²) in [6.45, 7) is -2.81. The SMILES string of the molecule is O=C(O)CN(CCN(CC(=O)O)CC(=O)OCC(O)CO)CC(=O)O.OCCCCCCO. The van der Waals surface area contributed by atoms with Gasteiger partial charge in [-0.15, -0.1) is 0 Å². The molecule has 0 aromatic carbocycles. The predicted molar refractivity (Wildman–Crippen MR) is 112 cm³/mol. The molecule has 0 aliphatic rings. The van der Waals surface area contributed by atoms with Gasteiger partial charge in [0.15, 0.2) is 0 Å². The molecule has 0 amide bonds. The van der Waals surface area contributed by atoms with Crippen LogP contribution >= 0.6 is 0 Å². The molecule has 14 nitrogen and oxygen atoms in total. The van der Waals surface area contributed by atoms with Crippen molar-refractivity contribution in [3.8, 4) is 0 Å². The first-order chi connectivity index (χ1) is 15.5. The summed E-state index contributed by atoms with van der Waals surface area (Å²) < 4.78 is 4.66. The fraction of sp³-hybridized carbons (Fsp3) is 0.789. The van der Waals surface area contributed by atoms with Crippen LogP contribution in [0.15, 0.2) is 0 Å². The number of esters is 1. The smallest absolute Gasteiger partial charge is 0.320 e. The number of ether oxygens (including phenoxy) is 1. The summed E-state index contributed by atoms with van der Waals surface area (Å²) >= 11 is 0. The molecule has 33 heavy (non-hydrogen) atoms. The number of aliphatic carboxylic acids is 3. The van der Waals surface area contributed by atoms with Gasteiger partial charge in [-0.1, -0.05) is 12.8 Å². The highest BCUT2D eigenvalue weighted by Gasteiger charge is 2.19. The fourth-order valence-corrected chi connectivity index (χ4v) is 2.33. The maximum Gasteiger partial charge on any atom is 0.320 e. The number of nitrogens with zero attached hydrogens (tertiary/aromatic N) is 2. The van der Waals surface area contributed by atoms with Crippen molar-refractivity contribution in [1.29, 1.82) is 0 Å². The Morgan fingerprint density at radius 1 is 0.667 bits per heavy atom. The van der Waals surface area contributed by atoms with Gasteiger partial charge in [0.05, 0.1) is 32.8 Å². The third-order valence-corrected chi connectivity index (χ3v) is 3.88. The van der Waals surface area contributed by atoms with Gasteiger partial charge in [-0.05, 0) is 12.8 Å². The molecule has 14 heteroatoms. The number of carboxylic acid groups (broad SMARTS) is 3. The van der Waals surface area contributed by atoms with Crippen LogP contribution in [0.3, 0.4) is 0 Å². The molecule has 0 spiro atoms. The van der Waals surface area contributed by atoms with Crippen molar-refractivity contribution in [2.75, 3.05) is 65.7 Å². The van der Waals surface area contributed by atoms with Crippen LogP contribution < -0.4 is 0 Å². The van der Waals surface area contributed by atoms with Crippen LogP contribution in [0.25, 0.3) is 0 Å². The average molecular weight is 484 g/mol. The molecule has 0 aromatic heterocycles. The Balaban J connectivity index is 0. The van der Waals surface area contributed by atoms with Gasteiger partial charge < -0.3 is 40.5 Å². The van der Waals surface area contributed by atoms with Crippen LogP contribution in [0.4, 0.5) is 0 Å². The summed E-state index contributed by atoms with van der Waals surface area (Å²) in [5.41, 5.74) is 0. The monoisotopic (exact) mass is 484 g/mol. The summed E-state index contributed by atoms with van der Waals surface area (Å²) in [6, 6.07) is 0. The molecule has 0 aromatic rings. The van der Waals surface area contributed by atoms with Crippen LogP contribution in [0.5, 0.6) is 0 Å². The Kier molecular flexibility index (Phi) is 21.4. The lowest BCUT2D eigenvalue weighted by atomic mass is 10.2. The molecule has 0 fully saturated rings. The van der Waals surface area contributed by atoms with E-state index in [1.807, 2.05) is 0 Å². The first-order valence-electron chi connectivity index (χ1n) is 10.3. The summed E-state index contributed by atoms with van der Waals surface area (Å²) in [5, 5.41) is 60.6. The Labute approximate surface area is 191 Å². The van der Waals surface area contributed by atoms with Gasteiger partial charge in [-0.3, -0.25) is 29.0 Å². The minimum Gasteiger partial charge on any atom is -0.480 e. The predicted octanol–water partition coefficient (Wildman–Crippen LogP) is -2.73. The van der Waals surface area contributed by atoms with Crippen LogP contribution in [0.2, 0.25) is 0 Å². The highest BCUT2D eigenvalue weighted by molar-refractivity contribution is 5.74. The topological polar surface area (TPSA) is 226 Å². The molecular formula is C19H36N2O12. The quantitative estimate of drug-likeness (QED) is 0.0730. The van der Waals surface area contributed by atoms with Gasteiger partial charge in [0.25, 0.3) is 0 Å². The van der Waals surface area contributed by atoms with Crippen molar-refractivity contribution in [3.05, 3.63) is 0 Å². The normalized spacial score (nSPS) is 11.6. The first-order valence-corrected chi connectivity index (χ1v) is 10.3. The lowest BCUT2D eigenvalue weighted by Crippen LogP contribution is -2.43. The van der Waals surface area contributed by atoms with Gasteiger partial charge in [0, 0.05) is 26.3 Å². The summed E-state index contributed by atoms with van der Waals surface area (Å²) in [6.07, 6.45) is 2.58. The average Bonchev–Trinajstić information content (AvgIpc) is 2.72. The van der Waals surface area contributed by atoms with Crippen LogP contribution in [0, 0.1) is 0 Å². The Morgan fingerprint density at radius 2 is 1.06 bits per heavy atom. The van der Waals surface area contributed by atoms with Crippen molar-refractivity contribution in [2.24, 2.45) is 0 Å². The molecule has 0 bridgehead atoms. The number of carboxylic acids is 3. The Hall–Kier alpha value is -2.36. The van der Waals surface area contributed by atoms with E-state index in [9.17, 15) is 19.2 Å². The molecule has 0 rings (SSSR count). The van der Waals surface area contributed by atoms with E-state index in [0.717, 1.165) is 35.5 Å². The van der Waals surface area contributed by atoms with E-state index in [0.29, 0.717) is 0 Å². The van der Waals surface area contributed by atoms with E-state index in [1.54, 1.807) is 0 Å². The molecule has 0 aliphatic carbocycles. The van der Waals surface area contributed by atoms with Crippen LogP contribution in [0.1, 0.15) is 25.7 Å². The molecule has 194 valence electrons. The zero-order valence-corrected chi connectivity index (χ0v) is 18.5. The van der Waals surface area contributed by atoms with E-state index in [-0.39, 0.29) is 26.3 Å². The van der Waals surface area contributed by atoms with Crippen molar-refractivity contribution in [1.82, 2.24) is 9.80 Å². The fourth-order valence-electron chi connectivity index (χ4n) is 2.33. The number of carbonyl (C=O) groups excluding carboxylic acids is 1. The van der Waals surface area contributed by atoms with E-state index >= 15 is 0 Å². The minimum absolute atomic E-state index is 0.0927. The van der Waals surface area contributed by atoms with Gasteiger partial charge in [-0.25, -0.2) is 0 Å². The highest BCUT2D eigenvalue weighted by atomic mass is 16.5. The molecule has 0 heterocycles. The maximum absolute atomic E-state index is 11.6. The molecule has 0 saturated carbocycles. The van der Waals surface area contributed by atoms with Crippen molar-refractivity contribution in [3.63, 3.8) is 0 Å². The second-order valence-corrected chi connectivity index (χ2v) is 6.98. The molecule has 0 saturated heterocycles. The van der Waals surface area contributed by atoms with Crippen molar-refractivity contribution >= 4 is 23.9 Å². The summed E-state index contributed by atoms with van der Waals surface area (Å²) in [4.78, 5) is 46.1. The molecule has 1 unspecified atom stereocenters. The zero-order chi connectivity index (χ0) is 25.6. The number of hydrogen-bond donors (Lipinski definition) is 7. The number of carbonyl (C=O) groups is 4. The summed E-state index contributed by atoms with van der Waals surface area (Å²) in [5.74, 6) is -4.59. The second kappa shape index (κ2) is 21.5. The molecule has 7 N–H and O–H groups in total. The Morgan fingerprint density at radius 3 is 1.39 bits per heavy atom. The highest BCUT2D eigenvalue weighted by Crippen LogP contribution is 1.97. The standard InChI is InChI=1S/C13H22N2O10.C6H14O2/c16-7-9(17)8-25-13(24)6-15(5-12(22)23)2-1-14(3-10(18)19)4-11(20)21;7-5-3-1-2-4-6-8/h9,16-17H,1-8H2,(H,18,19)(H,20,21)(H,22,23);7-8H,1-6H2. The Bertz CT molecular complexity index is 539. The second-order valence-electron chi connectivity index (χ2n) is 6.98. The zero-order valence-electron chi connectivity index (χ0n) is 18.5. The van der Waals surface area contributed by atoms with E-state index in [4.69, 9.17) is 35.7 Å². The number of hydrogen-bond acceptors (Lipinski definition) is 11. The third-order valence-electron chi connectivity index (χ3n) is 3.88. The maximum atomic E-state index is 11.6. The largest absolute Gasteiger partial charge is 0.480 e. The van der Waals surface area contributed by atoms with E-state index in [2.05, 4.69) is 4.74 Å².